The lowest BCUT2D eigenvalue weighted by molar-refractivity contribution is -0.144. The molecule has 1 aromatic rings. The van der Waals surface area contributed by atoms with Crippen LogP contribution in [0.4, 0.5) is 0 Å². The molecule has 1 aromatic carbocycles. The number of hydrogen-bond acceptors (Lipinski definition) is 4. The molecule has 1 fully saturated rings. The molecule has 0 heterocycles. The number of aliphatic hydroxyl groups is 1. The van der Waals surface area contributed by atoms with Crippen molar-refractivity contribution >= 4 is 5.97 Å². The maximum absolute atomic E-state index is 11.0. The van der Waals surface area contributed by atoms with Gasteiger partial charge in [-0.2, -0.15) is 0 Å². The van der Waals surface area contributed by atoms with Crippen molar-refractivity contribution in [1.82, 2.24) is 0 Å². The maximum Gasteiger partial charge on any atom is 0.306 e. The highest BCUT2D eigenvalue weighted by Gasteiger charge is 2.46. The van der Waals surface area contributed by atoms with E-state index in [4.69, 9.17) is 14.6 Å². The molecular weight excluding hydrogens is 248 g/mol. The number of hydrogen-bond donors (Lipinski definition) is 2. The summed E-state index contributed by atoms with van der Waals surface area (Å²) in [5.41, 5.74) is -0.763. The lowest BCUT2D eigenvalue weighted by atomic mass is 9.85. The molecule has 0 saturated heterocycles. The van der Waals surface area contributed by atoms with Gasteiger partial charge in [0, 0.05) is 0 Å². The Balaban J connectivity index is 2.39. The molecule has 1 saturated carbocycles. The van der Waals surface area contributed by atoms with E-state index in [2.05, 4.69) is 0 Å². The predicted molar refractivity (Wildman–Crippen MR) is 68.4 cm³/mol. The van der Waals surface area contributed by atoms with Gasteiger partial charge in [0.25, 0.3) is 0 Å². The summed E-state index contributed by atoms with van der Waals surface area (Å²) in [5.74, 6) is 0.0371. The van der Waals surface area contributed by atoms with Crippen LogP contribution < -0.4 is 9.47 Å². The summed E-state index contributed by atoms with van der Waals surface area (Å²) in [6, 6.07) is 5.03. The van der Waals surface area contributed by atoms with Crippen molar-refractivity contribution in [3.05, 3.63) is 23.8 Å². The number of methoxy groups -OCH3 is 2. The van der Waals surface area contributed by atoms with Gasteiger partial charge in [-0.3, -0.25) is 4.79 Å². The van der Waals surface area contributed by atoms with Crippen LogP contribution in [0.3, 0.4) is 0 Å². The molecule has 0 radical (unpaired) electrons. The molecule has 0 amide bonds. The van der Waals surface area contributed by atoms with E-state index in [0.717, 1.165) is 12.8 Å². The molecule has 5 nitrogen and oxygen atoms in total. The first-order valence-electron chi connectivity index (χ1n) is 6.18. The Hall–Kier alpha value is -1.75. The Morgan fingerprint density at radius 1 is 1.32 bits per heavy atom. The van der Waals surface area contributed by atoms with E-state index < -0.39 is 11.6 Å². The second kappa shape index (κ2) is 5.09. The lowest BCUT2D eigenvalue weighted by Crippen LogP contribution is -2.31. The minimum Gasteiger partial charge on any atom is -0.493 e. The van der Waals surface area contributed by atoms with Crippen LogP contribution in [0.2, 0.25) is 0 Å². The first-order valence-corrected chi connectivity index (χ1v) is 6.18. The normalized spacial score (nSPS) is 17.6. The van der Waals surface area contributed by atoms with Gasteiger partial charge in [0.15, 0.2) is 11.5 Å². The molecule has 5 heteroatoms. The van der Waals surface area contributed by atoms with Crippen LogP contribution >= 0.6 is 0 Å². The predicted octanol–water partition coefficient (Wildman–Crippen LogP) is 1.78. The summed E-state index contributed by atoms with van der Waals surface area (Å²) in [6.07, 6.45) is 1.39. The first kappa shape index (κ1) is 13.7. The standard InChI is InChI=1S/C14H18O5/c1-18-11-6-5-10(7-12(11)19-2)14(17,8-13(15)16)9-3-4-9/h5-7,9,17H,3-4,8H2,1-2H3,(H,15,16). The Kier molecular flexibility index (Phi) is 3.66. The van der Waals surface area contributed by atoms with Crippen molar-refractivity contribution in [2.75, 3.05) is 14.2 Å². The lowest BCUT2D eigenvalue weighted by Gasteiger charge is -2.27. The van der Waals surface area contributed by atoms with Crippen molar-refractivity contribution < 1.29 is 24.5 Å². The summed E-state index contributed by atoms with van der Waals surface area (Å²) in [5, 5.41) is 19.7. The first-order chi connectivity index (χ1) is 9.01. The van der Waals surface area contributed by atoms with Crippen LogP contribution in [-0.2, 0) is 10.4 Å². The zero-order chi connectivity index (χ0) is 14.0. The number of rotatable bonds is 6. The third kappa shape index (κ3) is 2.66. The van der Waals surface area contributed by atoms with Crippen molar-refractivity contribution in [2.24, 2.45) is 5.92 Å². The van der Waals surface area contributed by atoms with E-state index in [1.54, 1.807) is 18.2 Å². The average Bonchev–Trinajstić information content (AvgIpc) is 3.21. The van der Waals surface area contributed by atoms with Crippen LogP contribution in [0.15, 0.2) is 18.2 Å². The molecule has 19 heavy (non-hydrogen) atoms. The molecular formula is C14H18O5. The van der Waals surface area contributed by atoms with Gasteiger partial charge in [-0.15, -0.1) is 0 Å². The second-order valence-corrected chi connectivity index (χ2v) is 4.84. The molecule has 2 rings (SSSR count). The monoisotopic (exact) mass is 266 g/mol. The summed E-state index contributed by atoms with van der Waals surface area (Å²) in [7, 11) is 3.04. The molecule has 1 unspecified atom stereocenters. The summed E-state index contributed by atoms with van der Waals surface area (Å²) >= 11 is 0. The summed E-state index contributed by atoms with van der Waals surface area (Å²) < 4.78 is 10.3. The Morgan fingerprint density at radius 2 is 1.95 bits per heavy atom. The zero-order valence-corrected chi connectivity index (χ0v) is 11.0. The Morgan fingerprint density at radius 3 is 2.42 bits per heavy atom. The van der Waals surface area contributed by atoms with Crippen LogP contribution in [0, 0.1) is 5.92 Å². The highest BCUT2D eigenvalue weighted by atomic mass is 16.5. The van der Waals surface area contributed by atoms with E-state index in [0.29, 0.717) is 17.1 Å². The molecule has 0 bridgehead atoms. The highest BCUT2D eigenvalue weighted by Crippen LogP contribution is 2.49. The van der Waals surface area contributed by atoms with E-state index in [1.165, 1.54) is 14.2 Å². The van der Waals surface area contributed by atoms with Crippen LogP contribution in [0.1, 0.15) is 24.8 Å². The topological polar surface area (TPSA) is 76.0 Å². The van der Waals surface area contributed by atoms with Crippen molar-refractivity contribution in [3.63, 3.8) is 0 Å². The quantitative estimate of drug-likeness (QED) is 0.820. The summed E-state index contributed by atoms with van der Waals surface area (Å²) in [4.78, 5) is 11.0. The number of carbonyl (C=O) groups is 1. The van der Waals surface area contributed by atoms with Crippen LogP contribution in [0.5, 0.6) is 11.5 Å². The molecule has 0 spiro atoms. The zero-order valence-electron chi connectivity index (χ0n) is 11.0. The molecule has 1 atom stereocenters. The molecule has 104 valence electrons. The largest absolute Gasteiger partial charge is 0.493 e. The van der Waals surface area contributed by atoms with E-state index >= 15 is 0 Å². The minimum absolute atomic E-state index is 0.00158. The second-order valence-electron chi connectivity index (χ2n) is 4.84. The molecule has 0 aliphatic heterocycles. The van der Waals surface area contributed by atoms with Gasteiger partial charge >= 0.3 is 5.97 Å². The van der Waals surface area contributed by atoms with Crippen molar-refractivity contribution in [1.29, 1.82) is 0 Å². The van der Waals surface area contributed by atoms with Gasteiger partial charge in [-0.25, -0.2) is 0 Å². The average molecular weight is 266 g/mol. The van der Waals surface area contributed by atoms with Gasteiger partial charge in [0.1, 0.15) is 5.60 Å². The number of aliphatic carboxylic acids is 1. The number of carboxylic acid groups (broad SMARTS) is 1. The van der Waals surface area contributed by atoms with Crippen LogP contribution in [0.25, 0.3) is 0 Å². The number of carboxylic acids is 1. The summed E-state index contributed by atoms with van der Waals surface area (Å²) in [6.45, 7) is 0. The van der Waals surface area contributed by atoms with Crippen molar-refractivity contribution in [2.45, 2.75) is 24.9 Å². The highest BCUT2D eigenvalue weighted by molar-refractivity contribution is 5.69. The minimum atomic E-state index is -1.33. The fourth-order valence-corrected chi connectivity index (χ4v) is 2.38. The number of benzene rings is 1. The van der Waals surface area contributed by atoms with E-state index in [-0.39, 0.29) is 12.3 Å². The Labute approximate surface area is 111 Å². The van der Waals surface area contributed by atoms with Gasteiger partial charge in [-0.1, -0.05) is 6.07 Å². The van der Waals surface area contributed by atoms with E-state index in [9.17, 15) is 9.90 Å². The van der Waals surface area contributed by atoms with Gasteiger partial charge in [0.2, 0.25) is 0 Å². The third-order valence-corrected chi connectivity index (χ3v) is 3.56. The third-order valence-electron chi connectivity index (χ3n) is 3.56. The fraction of sp³-hybridized carbons (Fsp3) is 0.500. The smallest absolute Gasteiger partial charge is 0.306 e. The molecule has 1 aliphatic carbocycles. The fourth-order valence-electron chi connectivity index (χ4n) is 2.38. The molecule has 2 N–H and O–H groups in total. The van der Waals surface area contributed by atoms with Crippen molar-refractivity contribution in [3.8, 4) is 11.5 Å². The van der Waals surface area contributed by atoms with Gasteiger partial charge in [-0.05, 0) is 36.5 Å². The molecule has 0 aromatic heterocycles. The molecule has 1 aliphatic rings. The maximum atomic E-state index is 11.0. The SMILES string of the molecule is COc1ccc(C(O)(CC(=O)O)C2CC2)cc1OC. The number of ether oxygens (including phenoxy) is 2. The van der Waals surface area contributed by atoms with E-state index in [1.807, 2.05) is 0 Å². The Bertz CT molecular complexity index is 481. The van der Waals surface area contributed by atoms with Gasteiger partial charge < -0.3 is 19.7 Å². The van der Waals surface area contributed by atoms with Crippen LogP contribution in [-0.4, -0.2) is 30.4 Å². The van der Waals surface area contributed by atoms with Gasteiger partial charge in [0.05, 0.1) is 20.6 Å².